The van der Waals surface area contributed by atoms with Gasteiger partial charge in [0.25, 0.3) is 0 Å². The van der Waals surface area contributed by atoms with Crippen LogP contribution in [-0.4, -0.2) is 0 Å². The molecule has 0 amide bonds. The average Bonchev–Trinajstić information content (AvgIpc) is 3.08. The second-order valence-corrected chi connectivity index (χ2v) is 14.2. The lowest BCUT2D eigenvalue weighted by Gasteiger charge is -2.24. The van der Waals surface area contributed by atoms with Gasteiger partial charge in [0.05, 0.1) is 0 Å². The molecule has 0 radical (unpaired) electrons. The summed E-state index contributed by atoms with van der Waals surface area (Å²) in [5.41, 5.74) is 2.51. The van der Waals surface area contributed by atoms with Gasteiger partial charge in [-0.15, -0.1) is 0 Å². The molecule has 0 fully saturated rings. The molecule has 2 heteroatoms. The summed E-state index contributed by atoms with van der Waals surface area (Å²) >= 11 is 0. The van der Waals surface area contributed by atoms with Crippen molar-refractivity contribution in [3.8, 4) is 0 Å². The molecular weight excluding hydrogens is 542 g/mol. The summed E-state index contributed by atoms with van der Waals surface area (Å²) in [6.45, 7) is 0. The molecule has 6 aromatic carbocycles. The first kappa shape index (κ1) is 27.8. The van der Waals surface area contributed by atoms with Crippen molar-refractivity contribution in [3.05, 3.63) is 205 Å². The molecule has 0 saturated heterocycles. The maximum absolute atomic E-state index is 2.41. The predicted octanol–water partition coefficient (Wildman–Crippen LogP) is 9.33. The minimum atomic E-state index is -0.794. The molecule has 0 bridgehead atoms. The smallest absolute Gasteiger partial charge is 0.00784 e. The van der Waals surface area contributed by atoms with Crippen LogP contribution in [0.25, 0.3) is 10.6 Å². The number of rotatable bonds is 9. The predicted molar refractivity (Wildman–Crippen MR) is 187 cm³/mol. The number of allylic oxidation sites excluding steroid dienone is 2. The number of hydrogen-bond donors (Lipinski definition) is 0. The Labute approximate surface area is 252 Å². The lowest BCUT2D eigenvalue weighted by Crippen LogP contribution is -2.13. The van der Waals surface area contributed by atoms with E-state index in [4.69, 9.17) is 0 Å². The largest absolute Gasteiger partial charge is 0.0622 e. The third kappa shape index (κ3) is 6.58. The van der Waals surface area contributed by atoms with Crippen LogP contribution in [0.3, 0.4) is 0 Å². The van der Waals surface area contributed by atoms with Crippen LogP contribution in [0.5, 0.6) is 0 Å². The van der Waals surface area contributed by atoms with Crippen LogP contribution < -0.4 is 21.2 Å². The fourth-order valence-corrected chi connectivity index (χ4v) is 9.99. The Balaban J connectivity index is 1.61. The highest BCUT2D eigenvalue weighted by Crippen LogP contribution is 2.52. The lowest BCUT2D eigenvalue weighted by molar-refractivity contribution is 1.63. The fraction of sp³-hybridized carbons (Fsp3) is 0. The molecule has 0 aliphatic rings. The SMILES string of the molecule is C(/C=C(\c1ccccc1)P(c1ccccc1)c1ccccc1)=C(/c1ccccc1)P(c1ccccc1)c1ccccc1. The lowest BCUT2D eigenvalue weighted by atomic mass is 10.2. The van der Waals surface area contributed by atoms with Crippen molar-refractivity contribution in [2.24, 2.45) is 0 Å². The van der Waals surface area contributed by atoms with E-state index < -0.39 is 15.8 Å². The molecule has 0 aromatic heterocycles. The van der Waals surface area contributed by atoms with Gasteiger partial charge < -0.3 is 0 Å². The van der Waals surface area contributed by atoms with Crippen molar-refractivity contribution in [3.63, 3.8) is 0 Å². The van der Waals surface area contributed by atoms with Gasteiger partial charge in [-0.1, -0.05) is 194 Å². The van der Waals surface area contributed by atoms with Crippen molar-refractivity contribution in [2.45, 2.75) is 0 Å². The third-order valence-electron chi connectivity index (χ3n) is 7.08. The van der Waals surface area contributed by atoms with Crippen LogP contribution in [0.2, 0.25) is 0 Å². The molecule has 42 heavy (non-hydrogen) atoms. The highest BCUT2D eigenvalue weighted by Gasteiger charge is 2.22. The highest BCUT2D eigenvalue weighted by molar-refractivity contribution is 7.82. The number of hydrogen-bond acceptors (Lipinski definition) is 0. The molecule has 0 saturated carbocycles. The molecule has 0 spiro atoms. The first-order valence-electron chi connectivity index (χ1n) is 14.2. The van der Waals surface area contributed by atoms with Crippen molar-refractivity contribution in [1.29, 1.82) is 0 Å². The van der Waals surface area contributed by atoms with Crippen LogP contribution >= 0.6 is 15.8 Å². The second-order valence-electron chi connectivity index (χ2n) is 9.85. The molecule has 6 rings (SSSR count). The van der Waals surface area contributed by atoms with Gasteiger partial charge in [0.1, 0.15) is 0 Å². The molecule has 202 valence electrons. The molecular formula is C40H32P2. The van der Waals surface area contributed by atoms with E-state index in [0.717, 1.165) is 0 Å². The van der Waals surface area contributed by atoms with Gasteiger partial charge in [0.2, 0.25) is 0 Å². The second kappa shape index (κ2) is 14.0. The minimum absolute atomic E-state index is 0.794. The van der Waals surface area contributed by atoms with Crippen LogP contribution in [0.1, 0.15) is 11.1 Å². The van der Waals surface area contributed by atoms with Gasteiger partial charge in [-0.3, -0.25) is 0 Å². The van der Waals surface area contributed by atoms with Crippen molar-refractivity contribution < 1.29 is 0 Å². The summed E-state index contributed by atoms with van der Waals surface area (Å²) in [5, 5.41) is 8.06. The van der Waals surface area contributed by atoms with Crippen LogP contribution in [0.15, 0.2) is 194 Å². The first-order valence-corrected chi connectivity index (χ1v) is 16.9. The van der Waals surface area contributed by atoms with Crippen molar-refractivity contribution in [1.82, 2.24) is 0 Å². The van der Waals surface area contributed by atoms with E-state index >= 15 is 0 Å². The molecule has 0 unspecified atom stereocenters. The Morgan fingerprint density at radius 3 is 0.738 bits per heavy atom. The fourth-order valence-electron chi connectivity index (χ4n) is 5.14. The molecule has 0 heterocycles. The molecule has 0 N–H and O–H groups in total. The Morgan fingerprint density at radius 2 is 0.500 bits per heavy atom. The topological polar surface area (TPSA) is 0 Å². The van der Waals surface area contributed by atoms with Gasteiger partial charge in [0.15, 0.2) is 0 Å². The normalized spacial score (nSPS) is 12.0. The van der Waals surface area contributed by atoms with E-state index in [1.165, 1.54) is 43.0 Å². The summed E-state index contributed by atoms with van der Waals surface area (Å²) in [4.78, 5) is 0. The zero-order chi connectivity index (χ0) is 28.4. The van der Waals surface area contributed by atoms with Crippen LogP contribution in [0, 0.1) is 0 Å². The maximum Gasteiger partial charge on any atom is -0.00784 e. The molecule has 6 aromatic rings. The van der Waals surface area contributed by atoms with Gasteiger partial charge >= 0.3 is 0 Å². The van der Waals surface area contributed by atoms with Gasteiger partial charge in [-0.2, -0.15) is 0 Å². The van der Waals surface area contributed by atoms with E-state index in [1.54, 1.807) is 0 Å². The monoisotopic (exact) mass is 574 g/mol. The van der Waals surface area contributed by atoms with Gasteiger partial charge in [0, 0.05) is 0 Å². The van der Waals surface area contributed by atoms with Crippen molar-refractivity contribution in [2.75, 3.05) is 0 Å². The Kier molecular flexibility index (Phi) is 9.28. The summed E-state index contributed by atoms with van der Waals surface area (Å²) in [5.74, 6) is 0. The quantitative estimate of drug-likeness (QED) is 0.119. The standard InChI is InChI=1S/C40H32P2/c1-7-19-33(20-8-1)39(41(35-23-11-3-12-24-35)36-25-13-4-14-26-36)31-32-40(34-21-9-2-10-22-34)42(37-27-15-5-16-28-37)38-29-17-6-18-30-38/h1-32H/b39-31+,40-32+. The molecule has 0 nitrogen and oxygen atoms in total. The van der Waals surface area contributed by atoms with E-state index in [2.05, 4.69) is 194 Å². The Bertz CT molecular complexity index is 1520. The highest BCUT2D eigenvalue weighted by atomic mass is 31.1. The third-order valence-corrected chi connectivity index (χ3v) is 12.1. The Morgan fingerprint density at radius 1 is 0.286 bits per heavy atom. The zero-order valence-corrected chi connectivity index (χ0v) is 25.2. The number of benzene rings is 6. The molecule has 0 aliphatic heterocycles. The molecule has 0 atom stereocenters. The van der Waals surface area contributed by atoms with Crippen molar-refractivity contribution >= 4 is 47.7 Å². The van der Waals surface area contributed by atoms with E-state index in [1.807, 2.05) is 0 Å². The average molecular weight is 575 g/mol. The van der Waals surface area contributed by atoms with Gasteiger partial charge in [-0.25, -0.2) is 0 Å². The van der Waals surface area contributed by atoms with Crippen LogP contribution in [-0.2, 0) is 0 Å². The van der Waals surface area contributed by atoms with E-state index in [0.29, 0.717) is 0 Å². The zero-order valence-electron chi connectivity index (χ0n) is 23.4. The first-order chi connectivity index (χ1) is 20.9. The Hall–Kier alpha value is -4.34. The maximum atomic E-state index is 2.41. The summed E-state index contributed by atoms with van der Waals surface area (Å²) < 4.78 is 0. The minimum Gasteiger partial charge on any atom is -0.0622 e. The van der Waals surface area contributed by atoms with Crippen LogP contribution in [0.4, 0.5) is 0 Å². The van der Waals surface area contributed by atoms with E-state index in [-0.39, 0.29) is 0 Å². The summed E-state index contributed by atoms with van der Waals surface area (Å²) in [7, 11) is -1.59. The van der Waals surface area contributed by atoms with Gasteiger partial charge in [-0.05, 0) is 58.8 Å². The molecule has 0 aliphatic carbocycles. The summed E-state index contributed by atoms with van der Waals surface area (Å²) in [6, 6.07) is 65.7. The van der Waals surface area contributed by atoms with E-state index in [9.17, 15) is 0 Å². The summed E-state index contributed by atoms with van der Waals surface area (Å²) in [6.07, 6.45) is 4.81.